The first-order chi connectivity index (χ1) is 8.18. The predicted octanol–water partition coefficient (Wildman–Crippen LogP) is 3.10. The van der Waals surface area contributed by atoms with Crippen LogP contribution >= 0.6 is 0 Å². The minimum absolute atomic E-state index is 0.410. The summed E-state index contributed by atoms with van der Waals surface area (Å²) in [4.78, 5) is 0. The maximum atomic E-state index is 10.5. The average molecular weight is 239 g/mol. The van der Waals surface area contributed by atoms with Gasteiger partial charge in [0, 0.05) is 6.54 Å². The van der Waals surface area contributed by atoms with Crippen LogP contribution < -0.4 is 5.32 Å². The normalized spacial score (nSPS) is 36.0. The van der Waals surface area contributed by atoms with Crippen LogP contribution in [0.4, 0.5) is 0 Å². The van der Waals surface area contributed by atoms with Crippen LogP contribution in [0.25, 0.3) is 0 Å². The minimum Gasteiger partial charge on any atom is -0.389 e. The number of hydrogen-bond acceptors (Lipinski definition) is 2. The highest BCUT2D eigenvalue weighted by Crippen LogP contribution is 2.31. The van der Waals surface area contributed by atoms with E-state index in [0.717, 1.165) is 31.8 Å². The number of hydrogen-bond donors (Lipinski definition) is 2. The largest absolute Gasteiger partial charge is 0.389 e. The molecule has 2 atom stereocenters. The fourth-order valence-electron chi connectivity index (χ4n) is 3.69. The van der Waals surface area contributed by atoms with E-state index in [1.165, 1.54) is 44.9 Å². The van der Waals surface area contributed by atoms with E-state index in [2.05, 4.69) is 12.2 Å². The Labute approximate surface area is 106 Å². The maximum Gasteiger partial charge on any atom is 0.0774 e. The Kier molecular flexibility index (Phi) is 4.87. The Hall–Kier alpha value is -0.0800. The molecule has 0 bridgehead atoms. The molecule has 2 aliphatic rings. The summed E-state index contributed by atoms with van der Waals surface area (Å²) < 4.78 is 0. The molecule has 0 aromatic rings. The lowest BCUT2D eigenvalue weighted by Gasteiger charge is -2.36. The molecule has 0 aliphatic heterocycles. The molecule has 2 rings (SSSR count). The summed E-state index contributed by atoms with van der Waals surface area (Å²) in [6.07, 6.45) is 11.5. The van der Waals surface area contributed by atoms with Crippen molar-refractivity contribution in [3.05, 3.63) is 0 Å². The summed E-state index contributed by atoms with van der Waals surface area (Å²) in [5.74, 6) is 1.57. The van der Waals surface area contributed by atoms with Crippen molar-refractivity contribution in [3.8, 4) is 0 Å². The zero-order valence-corrected chi connectivity index (χ0v) is 11.4. The van der Waals surface area contributed by atoms with Crippen molar-refractivity contribution in [2.24, 2.45) is 11.8 Å². The van der Waals surface area contributed by atoms with Gasteiger partial charge in [-0.05, 0) is 44.1 Å². The summed E-state index contributed by atoms with van der Waals surface area (Å²) in [6, 6.07) is 0. The molecule has 100 valence electrons. The summed E-state index contributed by atoms with van der Waals surface area (Å²) in [6.45, 7) is 4.20. The van der Waals surface area contributed by atoms with E-state index < -0.39 is 5.60 Å². The van der Waals surface area contributed by atoms with E-state index in [1.807, 2.05) is 0 Å². The van der Waals surface area contributed by atoms with Crippen LogP contribution in [0, 0.1) is 11.8 Å². The Balaban J connectivity index is 1.66. The molecule has 2 fully saturated rings. The average Bonchev–Trinajstić information content (AvgIpc) is 2.30. The first-order valence-corrected chi connectivity index (χ1v) is 7.61. The molecule has 0 radical (unpaired) electrons. The van der Waals surface area contributed by atoms with E-state index in [9.17, 15) is 5.11 Å². The van der Waals surface area contributed by atoms with Crippen LogP contribution in [0.2, 0.25) is 0 Å². The molecule has 2 aliphatic carbocycles. The Morgan fingerprint density at radius 2 is 1.88 bits per heavy atom. The molecular weight excluding hydrogens is 210 g/mol. The van der Waals surface area contributed by atoms with Gasteiger partial charge in [0.1, 0.15) is 0 Å². The van der Waals surface area contributed by atoms with Crippen LogP contribution in [0.15, 0.2) is 0 Å². The molecule has 2 N–H and O–H groups in total. The third-order valence-corrected chi connectivity index (χ3v) is 4.68. The maximum absolute atomic E-state index is 10.5. The van der Waals surface area contributed by atoms with Crippen molar-refractivity contribution in [1.29, 1.82) is 0 Å². The first-order valence-electron chi connectivity index (χ1n) is 7.61. The molecule has 17 heavy (non-hydrogen) atoms. The number of nitrogens with one attached hydrogen (secondary N) is 1. The molecule has 0 spiro atoms. The fourth-order valence-corrected chi connectivity index (χ4v) is 3.69. The lowest BCUT2D eigenvalue weighted by Crippen LogP contribution is -2.45. The van der Waals surface area contributed by atoms with Gasteiger partial charge in [0.25, 0.3) is 0 Å². The second-order valence-electron chi connectivity index (χ2n) is 6.56. The van der Waals surface area contributed by atoms with Crippen molar-refractivity contribution in [3.63, 3.8) is 0 Å². The first kappa shape index (κ1) is 13.4. The highest BCUT2D eigenvalue weighted by atomic mass is 16.3. The predicted molar refractivity (Wildman–Crippen MR) is 72.0 cm³/mol. The standard InChI is InChI=1S/C15H29NO/c1-13-6-5-9-15(17,10-13)12-16-11-14-7-3-2-4-8-14/h13-14,16-17H,2-12H2,1H3. The minimum atomic E-state index is -0.410. The van der Waals surface area contributed by atoms with Gasteiger partial charge in [-0.1, -0.05) is 39.0 Å². The topological polar surface area (TPSA) is 32.3 Å². The summed E-state index contributed by atoms with van der Waals surface area (Å²) in [5.41, 5.74) is -0.410. The SMILES string of the molecule is CC1CCCC(O)(CNCC2CCCCC2)C1. The second-order valence-corrected chi connectivity index (χ2v) is 6.56. The third-order valence-electron chi connectivity index (χ3n) is 4.68. The third kappa shape index (κ3) is 4.26. The molecule has 0 aromatic heterocycles. The van der Waals surface area contributed by atoms with Gasteiger partial charge in [-0.15, -0.1) is 0 Å². The Morgan fingerprint density at radius 1 is 1.12 bits per heavy atom. The molecule has 2 nitrogen and oxygen atoms in total. The molecular formula is C15H29NO. The lowest BCUT2D eigenvalue weighted by atomic mass is 9.79. The zero-order chi connectivity index (χ0) is 12.1. The highest BCUT2D eigenvalue weighted by molar-refractivity contribution is 4.87. The van der Waals surface area contributed by atoms with Gasteiger partial charge in [0.2, 0.25) is 0 Å². The Bertz CT molecular complexity index is 225. The van der Waals surface area contributed by atoms with Crippen molar-refractivity contribution in [2.45, 2.75) is 70.3 Å². The summed E-state index contributed by atoms with van der Waals surface area (Å²) in [7, 11) is 0. The molecule has 0 heterocycles. The van der Waals surface area contributed by atoms with Crippen LogP contribution in [-0.4, -0.2) is 23.8 Å². The summed E-state index contributed by atoms with van der Waals surface area (Å²) >= 11 is 0. The Morgan fingerprint density at radius 3 is 2.59 bits per heavy atom. The van der Waals surface area contributed by atoms with E-state index >= 15 is 0 Å². The quantitative estimate of drug-likeness (QED) is 0.790. The van der Waals surface area contributed by atoms with E-state index in [0.29, 0.717) is 5.92 Å². The zero-order valence-electron chi connectivity index (χ0n) is 11.4. The van der Waals surface area contributed by atoms with Crippen molar-refractivity contribution in [1.82, 2.24) is 5.32 Å². The lowest BCUT2D eigenvalue weighted by molar-refractivity contribution is -0.0124. The van der Waals surface area contributed by atoms with E-state index in [-0.39, 0.29) is 0 Å². The molecule has 2 saturated carbocycles. The van der Waals surface area contributed by atoms with Crippen LogP contribution in [-0.2, 0) is 0 Å². The van der Waals surface area contributed by atoms with Crippen LogP contribution in [0.5, 0.6) is 0 Å². The highest BCUT2D eigenvalue weighted by Gasteiger charge is 2.32. The molecule has 2 unspecified atom stereocenters. The van der Waals surface area contributed by atoms with Crippen LogP contribution in [0.1, 0.15) is 64.7 Å². The molecule has 0 aromatic carbocycles. The van der Waals surface area contributed by atoms with Gasteiger partial charge in [-0.2, -0.15) is 0 Å². The van der Waals surface area contributed by atoms with Gasteiger partial charge in [0.05, 0.1) is 5.60 Å². The van der Waals surface area contributed by atoms with Crippen molar-refractivity contribution in [2.75, 3.05) is 13.1 Å². The van der Waals surface area contributed by atoms with E-state index in [1.54, 1.807) is 0 Å². The van der Waals surface area contributed by atoms with E-state index in [4.69, 9.17) is 0 Å². The molecule has 0 amide bonds. The monoisotopic (exact) mass is 239 g/mol. The van der Waals surface area contributed by atoms with Gasteiger partial charge < -0.3 is 10.4 Å². The number of rotatable bonds is 4. The fraction of sp³-hybridized carbons (Fsp3) is 1.00. The van der Waals surface area contributed by atoms with Gasteiger partial charge in [0.15, 0.2) is 0 Å². The smallest absolute Gasteiger partial charge is 0.0774 e. The van der Waals surface area contributed by atoms with Crippen LogP contribution in [0.3, 0.4) is 0 Å². The second kappa shape index (κ2) is 6.19. The summed E-state index contributed by atoms with van der Waals surface area (Å²) in [5, 5.41) is 14.0. The number of aliphatic hydroxyl groups is 1. The van der Waals surface area contributed by atoms with Crippen molar-refractivity contribution < 1.29 is 5.11 Å². The van der Waals surface area contributed by atoms with Crippen molar-refractivity contribution >= 4 is 0 Å². The molecule has 2 heteroatoms. The van der Waals surface area contributed by atoms with Gasteiger partial charge in [-0.25, -0.2) is 0 Å². The van der Waals surface area contributed by atoms with Gasteiger partial charge >= 0.3 is 0 Å². The molecule has 0 saturated heterocycles. The van der Waals surface area contributed by atoms with Gasteiger partial charge in [-0.3, -0.25) is 0 Å².